The van der Waals surface area contributed by atoms with Crippen LogP contribution in [0.5, 0.6) is 5.75 Å². The highest BCUT2D eigenvalue weighted by atomic mass is 16.5. The lowest BCUT2D eigenvalue weighted by molar-refractivity contribution is 0.414. The van der Waals surface area contributed by atoms with Crippen LogP contribution in [-0.4, -0.2) is 35.3 Å². The molecule has 120 valence electrons. The Morgan fingerprint density at radius 1 is 1.09 bits per heavy atom. The summed E-state index contributed by atoms with van der Waals surface area (Å²) in [5.74, 6) is 1.95. The second-order valence-electron chi connectivity index (χ2n) is 5.83. The Morgan fingerprint density at radius 2 is 1.83 bits per heavy atom. The summed E-state index contributed by atoms with van der Waals surface area (Å²) in [6.45, 7) is 4.91. The Kier molecular flexibility index (Phi) is 4.19. The molecule has 3 rings (SSSR count). The van der Waals surface area contributed by atoms with E-state index in [1.807, 2.05) is 36.6 Å². The summed E-state index contributed by atoms with van der Waals surface area (Å²) in [7, 11) is 3.78. The summed E-state index contributed by atoms with van der Waals surface area (Å²) >= 11 is 0. The molecule has 0 aliphatic carbocycles. The molecule has 0 atom stereocenters. The maximum absolute atomic E-state index is 5.20. The number of rotatable bonds is 5. The van der Waals surface area contributed by atoms with Crippen molar-refractivity contribution in [3.8, 4) is 5.75 Å². The number of anilines is 1. The van der Waals surface area contributed by atoms with E-state index < -0.39 is 0 Å². The number of nitrogens with zero attached hydrogens (tertiary/aromatic N) is 4. The molecule has 0 N–H and O–H groups in total. The number of fused-ring (bicyclic) bond motifs is 1. The van der Waals surface area contributed by atoms with E-state index in [1.54, 1.807) is 7.11 Å². The normalized spacial score (nSPS) is 11.0. The number of methoxy groups -OCH3 is 1. The van der Waals surface area contributed by atoms with Crippen LogP contribution in [0.1, 0.15) is 17.0 Å². The van der Waals surface area contributed by atoms with E-state index in [0.29, 0.717) is 0 Å². The van der Waals surface area contributed by atoms with Gasteiger partial charge >= 0.3 is 0 Å². The molecule has 2 aromatic heterocycles. The number of aryl methyl sites for hydroxylation is 2. The predicted octanol–water partition coefficient (Wildman–Crippen LogP) is 3.03. The maximum Gasteiger partial charge on any atom is 0.157 e. The molecule has 0 amide bonds. The number of aromatic nitrogens is 3. The molecule has 5 nitrogen and oxygen atoms in total. The highest BCUT2D eigenvalue weighted by Gasteiger charge is 2.10. The molecule has 3 aromatic rings. The van der Waals surface area contributed by atoms with E-state index in [4.69, 9.17) is 4.74 Å². The Hall–Kier alpha value is -2.56. The second kappa shape index (κ2) is 6.28. The van der Waals surface area contributed by atoms with Crippen molar-refractivity contribution in [2.75, 3.05) is 25.6 Å². The zero-order valence-corrected chi connectivity index (χ0v) is 14.1. The molecule has 0 radical (unpaired) electrons. The van der Waals surface area contributed by atoms with E-state index in [0.717, 1.165) is 41.6 Å². The summed E-state index contributed by atoms with van der Waals surface area (Å²) in [5.41, 5.74) is 4.17. The molecule has 2 heterocycles. The van der Waals surface area contributed by atoms with Crippen LogP contribution < -0.4 is 9.64 Å². The summed E-state index contributed by atoms with van der Waals surface area (Å²) in [6.07, 6.45) is 0.962. The number of ether oxygens (including phenoxy) is 1. The van der Waals surface area contributed by atoms with Gasteiger partial charge in [0.05, 0.1) is 12.8 Å². The molecule has 0 fully saturated rings. The van der Waals surface area contributed by atoms with Crippen molar-refractivity contribution in [3.05, 3.63) is 53.3 Å². The molecule has 0 aliphatic heterocycles. The minimum Gasteiger partial charge on any atom is -0.497 e. The van der Waals surface area contributed by atoms with E-state index >= 15 is 0 Å². The number of benzene rings is 1. The Morgan fingerprint density at radius 3 is 2.52 bits per heavy atom. The molecular weight excluding hydrogens is 288 g/mol. The van der Waals surface area contributed by atoms with Crippen LogP contribution in [0, 0.1) is 13.8 Å². The molecule has 0 bridgehead atoms. The van der Waals surface area contributed by atoms with Crippen LogP contribution in [0.2, 0.25) is 0 Å². The van der Waals surface area contributed by atoms with Crippen LogP contribution >= 0.6 is 0 Å². The topological polar surface area (TPSA) is 42.7 Å². The van der Waals surface area contributed by atoms with Crippen LogP contribution in [0.3, 0.4) is 0 Å². The Bertz CT molecular complexity index is 808. The average Bonchev–Trinajstić information content (AvgIpc) is 2.92. The van der Waals surface area contributed by atoms with Crippen LogP contribution in [0.4, 0.5) is 5.82 Å². The first kappa shape index (κ1) is 15.3. The lowest BCUT2D eigenvalue weighted by Crippen LogP contribution is -2.23. The first-order valence-electron chi connectivity index (χ1n) is 7.75. The SMILES string of the molecule is COc1ccc(CCN(C)c2cc(C)nc3cc(C)nn23)cc1. The first-order valence-corrected chi connectivity index (χ1v) is 7.75. The summed E-state index contributed by atoms with van der Waals surface area (Å²) in [5, 5.41) is 4.55. The molecule has 0 unspecified atom stereocenters. The minimum atomic E-state index is 0.889. The van der Waals surface area contributed by atoms with Crippen LogP contribution in [-0.2, 0) is 6.42 Å². The van der Waals surface area contributed by atoms with Crippen molar-refractivity contribution < 1.29 is 4.74 Å². The zero-order chi connectivity index (χ0) is 16.4. The maximum atomic E-state index is 5.20. The van der Waals surface area contributed by atoms with Gasteiger partial charge in [0.25, 0.3) is 0 Å². The Labute approximate surface area is 136 Å². The van der Waals surface area contributed by atoms with Crippen molar-refractivity contribution >= 4 is 11.5 Å². The molecule has 1 aromatic carbocycles. The number of hydrogen-bond acceptors (Lipinski definition) is 4. The van der Waals surface area contributed by atoms with Gasteiger partial charge in [-0.2, -0.15) is 9.61 Å². The Balaban J connectivity index is 1.78. The second-order valence-corrected chi connectivity index (χ2v) is 5.83. The van der Waals surface area contributed by atoms with Gasteiger partial charge < -0.3 is 9.64 Å². The summed E-state index contributed by atoms with van der Waals surface area (Å²) in [4.78, 5) is 6.76. The van der Waals surface area contributed by atoms with Crippen LogP contribution in [0.15, 0.2) is 36.4 Å². The monoisotopic (exact) mass is 310 g/mol. The lowest BCUT2D eigenvalue weighted by atomic mass is 10.1. The van der Waals surface area contributed by atoms with E-state index in [1.165, 1.54) is 5.56 Å². The molecule has 0 aliphatic rings. The van der Waals surface area contributed by atoms with E-state index in [9.17, 15) is 0 Å². The third-order valence-electron chi connectivity index (χ3n) is 3.94. The quantitative estimate of drug-likeness (QED) is 0.726. The minimum absolute atomic E-state index is 0.889. The van der Waals surface area contributed by atoms with Gasteiger partial charge in [-0.15, -0.1) is 0 Å². The molecule has 0 saturated carbocycles. The molecule has 23 heavy (non-hydrogen) atoms. The smallest absolute Gasteiger partial charge is 0.157 e. The van der Waals surface area contributed by atoms with Gasteiger partial charge in [0.1, 0.15) is 11.6 Å². The standard InChI is InChI=1S/C18H22N4O/c1-13-12-18(22-17(19-13)11-14(2)20-22)21(3)10-9-15-5-7-16(23-4)8-6-15/h5-8,11-12H,9-10H2,1-4H3. The fraction of sp³-hybridized carbons (Fsp3) is 0.333. The molecule has 5 heteroatoms. The summed E-state index contributed by atoms with van der Waals surface area (Å²) in [6, 6.07) is 12.3. The van der Waals surface area contributed by atoms with Gasteiger partial charge in [-0.05, 0) is 38.0 Å². The molecule has 0 spiro atoms. The van der Waals surface area contributed by atoms with Gasteiger partial charge in [-0.1, -0.05) is 12.1 Å². The van der Waals surface area contributed by atoms with Crippen molar-refractivity contribution in [2.45, 2.75) is 20.3 Å². The number of likely N-dealkylation sites (N-methyl/N-ethyl adjacent to an activating group) is 1. The van der Waals surface area contributed by atoms with Crippen molar-refractivity contribution in [2.24, 2.45) is 0 Å². The van der Waals surface area contributed by atoms with Crippen molar-refractivity contribution in [1.29, 1.82) is 0 Å². The zero-order valence-electron chi connectivity index (χ0n) is 14.1. The van der Waals surface area contributed by atoms with Crippen molar-refractivity contribution in [1.82, 2.24) is 14.6 Å². The third-order valence-corrected chi connectivity index (χ3v) is 3.94. The fourth-order valence-electron chi connectivity index (χ4n) is 2.67. The number of hydrogen-bond donors (Lipinski definition) is 0. The molecular formula is C18H22N4O. The highest BCUT2D eigenvalue weighted by Crippen LogP contribution is 2.18. The van der Waals surface area contributed by atoms with Gasteiger partial charge in [0.2, 0.25) is 0 Å². The van der Waals surface area contributed by atoms with Gasteiger partial charge in [0.15, 0.2) is 5.65 Å². The van der Waals surface area contributed by atoms with Gasteiger partial charge in [-0.25, -0.2) is 4.98 Å². The lowest BCUT2D eigenvalue weighted by Gasteiger charge is -2.20. The fourth-order valence-corrected chi connectivity index (χ4v) is 2.67. The van der Waals surface area contributed by atoms with Gasteiger partial charge in [-0.3, -0.25) is 0 Å². The highest BCUT2D eigenvalue weighted by molar-refractivity contribution is 5.51. The summed E-state index contributed by atoms with van der Waals surface area (Å²) < 4.78 is 7.11. The first-order chi connectivity index (χ1) is 11.1. The predicted molar refractivity (Wildman–Crippen MR) is 92.4 cm³/mol. The van der Waals surface area contributed by atoms with Gasteiger partial charge in [0, 0.05) is 31.4 Å². The average molecular weight is 310 g/mol. The molecule has 0 saturated heterocycles. The van der Waals surface area contributed by atoms with E-state index in [-0.39, 0.29) is 0 Å². The van der Waals surface area contributed by atoms with Crippen LogP contribution in [0.25, 0.3) is 5.65 Å². The largest absolute Gasteiger partial charge is 0.497 e. The van der Waals surface area contributed by atoms with E-state index in [2.05, 4.69) is 40.2 Å². The van der Waals surface area contributed by atoms with Crippen molar-refractivity contribution in [3.63, 3.8) is 0 Å². The third kappa shape index (κ3) is 3.28.